The number of carbonyl (C=O) groups excluding carboxylic acids is 1. The molecule has 0 saturated heterocycles. The van der Waals surface area contributed by atoms with Crippen molar-refractivity contribution in [3.05, 3.63) is 61.7 Å². The van der Waals surface area contributed by atoms with Gasteiger partial charge in [-0.15, -0.1) is 0 Å². The average molecular weight is 380 g/mol. The van der Waals surface area contributed by atoms with Crippen molar-refractivity contribution in [3.8, 4) is 0 Å². The van der Waals surface area contributed by atoms with Gasteiger partial charge in [0, 0.05) is 23.3 Å². The Hall–Kier alpha value is -2.48. The van der Waals surface area contributed by atoms with Crippen LogP contribution >= 0.6 is 15.9 Å². The second kappa shape index (κ2) is 7.19. The average Bonchev–Trinajstić information content (AvgIpc) is 2.53. The molecule has 1 aromatic heterocycles. The molecule has 1 heterocycles. The number of nitrogens with zero attached hydrogens (tertiary/aromatic N) is 2. The maximum Gasteiger partial charge on any atom is 0.339 e. The third kappa shape index (κ3) is 4.04. The van der Waals surface area contributed by atoms with Crippen LogP contribution in [0.25, 0.3) is 0 Å². The van der Waals surface area contributed by atoms with Gasteiger partial charge in [0.1, 0.15) is 0 Å². The number of benzene rings is 1. The Morgan fingerprint density at radius 2 is 2.17 bits per heavy atom. The van der Waals surface area contributed by atoms with E-state index in [1.165, 1.54) is 13.3 Å². The zero-order valence-corrected chi connectivity index (χ0v) is 14.1. The van der Waals surface area contributed by atoms with Gasteiger partial charge in [0.25, 0.3) is 0 Å². The lowest BCUT2D eigenvalue weighted by Crippen LogP contribution is -2.08. The first-order valence-corrected chi connectivity index (χ1v) is 7.43. The van der Waals surface area contributed by atoms with E-state index < -0.39 is 10.9 Å². The fourth-order valence-corrected chi connectivity index (χ4v) is 2.47. The third-order valence-electron chi connectivity index (χ3n) is 3.24. The second-order valence-electron chi connectivity index (χ2n) is 4.76. The minimum absolute atomic E-state index is 0.0320. The molecule has 2 aromatic rings. The summed E-state index contributed by atoms with van der Waals surface area (Å²) >= 11 is 3.39. The minimum atomic E-state index is -0.670. The van der Waals surface area contributed by atoms with Crippen LogP contribution in [-0.4, -0.2) is 23.0 Å². The zero-order valence-electron chi connectivity index (χ0n) is 12.5. The van der Waals surface area contributed by atoms with Crippen molar-refractivity contribution in [1.29, 1.82) is 0 Å². The topological polar surface area (TPSA) is 94.4 Å². The third-order valence-corrected chi connectivity index (χ3v) is 3.73. The van der Waals surface area contributed by atoms with Gasteiger partial charge in [0.05, 0.1) is 17.6 Å². The predicted molar refractivity (Wildman–Crippen MR) is 88.4 cm³/mol. The number of aromatic nitrogens is 1. The number of esters is 1. The summed E-state index contributed by atoms with van der Waals surface area (Å²) < 4.78 is 5.50. The van der Waals surface area contributed by atoms with Crippen LogP contribution in [0.2, 0.25) is 0 Å². The van der Waals surface area contributed by atoms with Crippen molar-refractivity contribution in [2.24, 2.45) is 0 Å². The van der Waals surface area contributed by atoms with E-state index in [1.54, 1.807) is 0 Å². The first kappa shape index (κ1) is 16.9. The van der Waals surface area contributed by atoms with Crippen molar-refractivity contribution in [3.63, 3.8) is 0 Å². The minimum Gasteiger partial charge on any atom is -0.465 e. The molecule has 8 heteroatoms. The number of aryl methyl sites for hydroxylation is 1. The number of nitrogens with one attached hydrogen (secondary N) is 1. The maximum absolute atomic E-state index is 11.4. The Balaban J connectivity index is 2.25. The summed E-state index contributed by atoms with van der Waals surface area (Å²) in [5.41, 5.74) is 1.79. The van der Waals surface area contributed by atoms with E-state index >= 15 is 0 Å². The van der Waals surface area contributed by atoms with Gasteiger partial charge in [-0.25, -0.2) is 9.78 Å². The van der Waals surface area contributed by atoms with E-state index in [9.17, 15) is 14.9 Å². The molecule has 0 aliphatic heterocycles. The largest absolute Gasteiger partial charge is 0.465 e. The molecule has 0 aliphatic carbocycles. The highest BCUT2D eigenvalue weighted by atomic mass is 79.9. The highest BCUT2D eigenvalue weighted by Gasteiger charge is 2.19. The molecule has 7 nitrogen and oxygen atoms in total. The number of methoxy groups -OCH3 is 1. The van der Waals surface area contributed by atoms with Gasteiger partial charge >= 0.3 is 11.7 Å². The Morgan fingerprint density at radius 1 is 1.43 bits per heavy atom. The summed E-state index contributed by atoms with van der Waals surface area (Å²) in [5.74, 6) is -0.569. The van der Waals surface area contributed by atoms with Crippen LogP contribution in [0, 0.1) is 17.0 Å². The van der Waals surface area contributed by atoms with Gasteiger partial charge < -0.3 is 10.1 Å². The summed E-state index contributed by atoms with van der Waals surface area (Å²) in [6, 6.07) is 6.92. The normalized spacial score (nSPS) is 10.2. The predicted octanol–water partition coefficient (Wildman–Crippen LogP) is 3.46. The smallest absolute Gasteiger partial charge is 0.339 e. The Bertz CT molecular complexity index is 764. The summed E-state index contributed by atoms with van der Waals surface area (Å²) in [6.07, 6.45) is 1.25. The molecule has 0 unspecified atom stereocenters. The second-order valence-corrected chi connectivity index (χ2v) is 5.68. The number of rotatable bonds is 5. The number of carbonyl (C=O) groups is 1. The van der Waals surface area contributed by atoms with Crippen molar-refractivity contribution < 1.29 is 14.5 Å². The number of hydrogen-bond donors (Lipinski definition) is 1. The van der Waals surface area contributed by atoms with E-state index in [0.29, 0.717) is 6.54 Å². The van der Waals surface area contributed by atoms with E-state index in [-0.39, 0.29) is 17.1 Å². The lowest BCUT2D eigenvalue weighted by Gasteiger charge is -2.09. The van der Waals surface area contributed by atoms with Gasteiger partial charge in [-0.1, -0.05) is 22.0 Å². The van der Waals surface area contributed by atoms with Crippen LogP contribution in [0.3, 0.4) is 0 Å². The van der Waals surface area contributed by atoms with Crippen molar-refractivity contribution >= 4 is 33.4 Å². The SMILES string of the molecule is COC(=O)c1cnc(NCc2ccc(Br)cc2C)c([N+](=O)[O-])c1. The summed E-state index contributed by atoms with van der Waals surface area (Å²) in [4.78, 5) is 26.0. The maximum atomic E-state index is 11.4. The van der Waals surface area contributed by atoms with Gasteiger partial charge in [0.15, 0.2) is 0 Å². The van der Waals surface area contributed by atoms with Gasteiger partial charge in [-0.3, -0.25) is 10.1 Å². The molecule has 0 spiro atoms. The Morgan fingerprint density at radius 3 is 2.78 bits per heavy atom. The van der Waals surface area contributed by atoms with E-state index in [0.717, 1.165) is 21.7 Å². The molecule has 0 saturated carbocycles. The molecule has 0 fully saturated rings. The van der Waals surface area contributed by atoms with E-state index in [1.807, 2.05) is 25.1 Å². The highest BCUT2D eigenvalue weighted by Crippen LogP contribution is 2.24. The molecule has 1 aromatic carbocycles. The number of halogens is 1. The van der Waals surface area contributed by atoms with Gasteiger partial charge in [0.2, 0.25) is 5.82 Å². The molecule has 120 valence electrons. The number of ether oxygens (including phenoxy) is 1. The molecular formula is C15H14BrN3O4. The quantitative estimate of drug-likeness (QED) is 0.485. The monoisotopic (exact) mass is 379 g/mol. The fourth-order valence-electron chi connectivity index (χ4n) is 1.99. The molecule has 0 radical (unpaired) electrons. The van der Waals surface area contributed by atoms with Gasteiger partial charge in [-0.2, -0.15) is 0 Å². The summed E-state index contributed by atoms with van der Waals surface area (Å²) in [5, 5.41) is 14.1. The highest BCUT2D eigenvalue weighted by molar-refractivity contribution is 9.10. The van der Waals surface area contributed by atoms with E-state index in [2.05, 4.69) is 31.0 Å². The first-order chi connectivity index (χ1) is 10.9. The molecule has 0 amide bonds. The number of anilines is 1. The standard InChI is InChI=1S/C15H14BrN3O4/c1-9-5-12(16)4-3-10(9)7-17-14-13(19(21)22)6-11(8-18-14)15(20)23-2/h3-6,8H,7H2,1-2H3,(H,17,18). The van der Waals surface area contributed by atoms with Crippen molar-refractivity contribution in [2.75, 3.05) is 12.4 Å². The van der Waals surface area contributed by atoms with E-state index in [4.69, 9.17) is 0 Å². The van der Waals surface area contributed by atoms with Gasteiger partial charge in [-0.05, 0) is 30.2 Å². The van der Waals surface area contributed by atoms with Crippen LogP contribution < -0.4 is 5.32 Å². The molecule has 23 heavy (non-hydrogen) atoms. The van der Waals surface area contributed by atoms with Crippen molar-refractivity contribution in [2.45, 2.75) is 13.5 Å². The number of pyridine rings is 1. The number of nitro groups is 1. The lowest BCUT2D eigenvalue weighted by molar-refractivity contribution is -0.384. The van der Waals surface area contributed by atoms with Crippen LogP contribution in [0.15, 0.2) is 34.9 Å². The molecule has 2 rings (SSSR count). The van der Waals surface area contributed by atoms with Crippen LogP contribution in [-0.2, 0) is 11.3 Å². The Kier molecular flexibility index (Phi) is 5.28. The molecular weight excluding hydrogens is 366 g/mol. The first-order valence-electron chi connectivity index (χ1n) is 6.64. The van der Waals surface area contributed by atoms with Crippen LogP contribution in [0.4, 0.5) is 11.5 Å². The lowest BCUT2D eigenvalue weighted by atomic mass is 10.1. The zero-order chi connectivity index (χ0) is 17.0. The van der Waals surface area contributed by atoms with Crippen LogP contribution in [0.1, 0.15) is 21.5 Å². The van der Waals surface area contributed by atoms with Crippen molar-refractivity contribution in [1.82, 2.24) is 4.98 Å². The molecule has 1 N–H and O–H groups in total. The Labute approximate surface area is 141 Å². The summed E-state index contributed by atoms with van der Waals surface area (Å²) in [7, 11) is 1.20. The molecule has 0 atom stereocenters. The molecule has 0 aliphatic rings. The summed E-state index contributed by atoms with van der Waals surface area (Å²) in [6.45, 7) is 2.33. The fraction of sp³-hybridized carbons (Fsp3) is 0.200. The number of hydrogen-bond acceptors (Lipinski definition) is 6. The van der Waals surface area contributed by atoms with Crippen LogP contribution in [0.5, 0.6) is 0 Å². The molecule has 0 bridgehead atoms.